The molecule has 0 aromatic heterocycles. The number of carbonyl (C=O) groups is 1. The van der Waals surface area contributed by atoms with Crippen molar-refractivity contribution >= 4 is 27.5 Å². The number of amides is 1. The highest BCUT2D eigenvalue weighted by atomic mass is 79.9. The van der Waals surface area contributed by atoms with Crippen LogP contribution in [0.3, 0.4) is 0 Å². The van der Waals surface area contributed by atoms with Crippen molar-refractivity contribution in [1.82, 2.24) is 0 Å². The van der Waals surface area contributed by atoms with E-state index in [0.717, 1.165) is 12.1 Å². The number of anilines is 1. The molecule has 0 saturated carbocycles. The molecule has 0 fully saturated rings. The zero-order valence-corrected chi connectivity index (χ0v) is 12.3. The second kappa shape index (κ2) is 6.17. The van der Waals surface area contributed by atoms with Crippen molar-refractivity contribution in [2.75, 3.05) is 12.4 Å². The lowest BCUT2D eigenvalue weighted by atomic mass is 10.2. The van der Waals surface area contributed by atoms with E-state index in [4.69, 9.17) is 4.74 Å². The molecule has 0 atom stereocenters. The number of rotatable bonds is 3. The van der Waals surface area contributed by atoms with E-state index in [1.807, 2.05) is 0 Å². The fourth-order valence-corrected chi connectivity index (χ4v) is 2.16. The summed E-state index contributed by atoms with van der Waals surface area (Å²) in [5, 5.41) is 2.19. The van der Waals surface area contributed by atoms with Gasteiger partial charge in [-0.1, -0.05) is 0 Å². The Kier molecular flexibility index (Phi) is 4.52. The van der Waals surface area contributed by atoms with Crippen molar-refractivity contribution in [1.29, 1.82) is 0 Å². The van der Waals surface area contributed by atoms with Gasteiger partial charge in [-0.15, -0.1) is 0 Å². The molecular weight excluding hydrogens is 351 g/mol. The summed E-state index contributed by atoms with van der Waals surface area (Å²) in [4.78, 5) is 12.0. The Bertz CT molecular complexity index is 684. The van der Waals surface area contributed by atoms with Gasteiger partial charge < -0.3 is 10.1 Å². The second-order valence-corrected chi connectivity index (χ2v) is 4.90. The van der Waals surface area contributed by atoms with Crippen LogP contribution in [0.2, 0.25) is 0 Å². The van der Waals surface area contributed by atoms with E-state index in [1.54, 1.807) is 0 Å². The van der Waals surface area contributed by atoms with Crippen molar-refractivity contribution in [3.8, 4) is 5.75 Å². The molecule has 0 heterocycles. The maximum absolute atomic E-state index is 13.7. The summed E-state index contributed by atoms with van der Waals surface area (Å²) in [6, 6.07) is 5.24. The summed E-state index contributed by atoms with van der Waals surface area (Å²) >= 11 is 2.93. The lowest BCUT2D eigenvalue weighted by molar-refractivity contribution is 0.102. The highest BCUT2D eigenvalue weighted by molar-refractivity contribution is 9.10. The SMILES string of the molecule is COc1ccc(C(=O)Nc2c(F)cc(F)cc2Br)c(F)c1. The summed E-state index contributed by atoms with van der Waals surface area (Å²) in [6.07, 6.45) is 0. The molecule has 0 unspecified atom stereocenters. The first-order valence-corrected chi connectivity index (χ1v) is 6.51. The summed E-state index contributed by atoms with van der Waals surface area (Å²) in [5.74, 6) is -3.19. The van der Waals surface area contributed by atoms with Crippen LogP contribution in [-0.2, 0) is 0 Å². The Labute approximate surface area is 126 Å². The van der Waals surface area contributed by atoms with Gasteiger partial charge in [0.25, 0.3) is 5.91 Å². The first kappa shape index (κ1) is 15.4. The first-order chi connectivity index (χ1) is 9.92. The smallest absolute Gasteiger partial charge is 0.258 e. The highest BCUT2D eigenvalue weighted by Gasteiger charge is 2.17. The van der Waals surface area contributed by atoms with Gasteiger partial charge in [0.05, 0.1) is 18.4 Å². The maximum Gasteiger partial charge on any atom is 0.258 e. The number of halogens is 4. The average molecular weight is 360 g/mol. The van der Waals surface area contributed by atoms with Crippen LogP contribution in [0.25, 0.3) is 0 Å². The van der Waals surface area contributed by atoms with E-state index in [0.29, 0.717) is 6.07 Å². The summed E-state index contributed by atoms with van der Waals surface area (Å²) in [6.45, 7) is 0. The molecule has 1 N–H and O–H groups in total. The molecule has 110 valence electrons. The molecular formula is C14H9BrF3NO2. The van der Waals surface area contributed by atoms with Crippen LogP contribution >= 0.6 is 15.9 Å². The summed E-state index contributed by atoms with van der Waals surface area (Å²) < 4.78 is 45.2. The molecule has 0 bridgehead atoms. The van der Waals surface area contributed by atoms with E-state index >= 15 is 0 Å². The molecule has 0 aliphatic rings. The molecule has 0 aliphatic heterocycles. The lowest BCUT2D eigenvalue weighted by Gasteiger charge is -2.10. The minimum absolute atomic E-state index is 0.0160. The minimum atomic E-state index is -0.968. The van der Waals surface area contributed by atoms with Crippen LogP contribution in [0, 0.1) is 17.5 Å². The van der Waals surface area contributed by atoms with E-state index in [1.165, 1.54) is 19.2 Å². The van der Waals surface area contributed by atoms with Gasteiger partial charge in [0.15, 0.2) is 5.82 Å². The number of carbonyl (C=O) groups excluding carboxylic acids is 1. The van der Waals surface area contributed by atoms with Crippen molar-refractivity contribution in [2.45, 2.75) is 0 Å². The largest absolute Gasteiger partial charge is 0.497 e. The molecule has 7 heteroatoms. The van der Waals surface area contributed by atoms with Crippen molar-refractivity contribution in [3.63, 3.8) is 0 Å². The molecule has 0 saturated heterocycles. The molecule has 1 amide bonds. The number of benzene rings is 2. The average Bonchev–Trinajstić information content (AvgIpc) is 2.42. The standard InChI is InChI=1S/C14H9BrF3NO2/c1-21-8-2-3-9(11(17)6-8)14(20)19-13-10(15)4-7(16)5-12(13)18/h2-6H,1H3,(H,19,20). The second-order valence-electron chi connectivity index (χ2n) is 4.04. The van der Waals surface area contributed by atoms with Crippen LogP contribution in [0.15, 0.2) is 34.8 Å². The maximum atomic E-state index is 13.7. The van der Waals surface area contributed by atoms with Gasteiger partial charge in [-0.25, -0.2) is 13.2 Å². The minimum Gasteiger partial charge on any atom is -0.497 e. The Morgan fingerprint density at radius 3 is 2.43 bits per heavy atom. The fourth-order valence-electron chi connectivity index (χ4n) is 1.65. The Hall–Kier alpha value is -2.02. The predicted octanol–water partition coefficient (Wildman–Crippen LogP) is 4.13. The third kappa shape index (κ3) is 3.36. The Morgan fingerprint density at radius 1 is 1.14 bits per heavy atom. The van der Waals surface area contributed by atoms with Gasteiger partial charge in [0.2, 0.25) is 0 Å². The summed E-state index contributed by atoms with van der Waals surface area (Å²) in [7, 11) is 1.36. The van der Waals surface area contributed by atoms with Crippen LogP contribution in [0.1, 0.15) is 10.4 Å². The topological polar surface area (TPSA) is 38.3 Å². The zero-order chi connectivity index (χ0) is 15.6. The third-order valence-electron chi connectivity index (χ3n) is 2.67. The molecule has 0 radical (unpaired) electrons. The predicted molar refractivity (Wildman–Crippen MR) is 75.0 cm³/mol. The van der Waals surface area contributed by atoms with Crippen LogP contribution in [-0.4, -0.2) is 13.0 Å². The van der Waals surface area contributed by atoms with Crippen molar-refractivity contribution in [2.24, 2.45) is 0 Å². The molecule has 2 rings (SSSR count). The summed E-state index contributed by atoms with van der Waals surface area (Å²) in [5.41, 5.74) is -0.553. The Morgan fingerprint density at radius 2 is 1.86 bits per heavy atom. The zero-order valence-electron chi connectivity index (χ0n) is 10.7. The van der Waals surface area contributed by atoms with Crippen LogP contribution < -0.4 is 10.1 Å². The third-order valence-corrected chi connectivity index (χ3v) is 3.29. The number of nitrogens with one attached hydrogen (secondary N) is 1. The van der Waals surface area contributed by atoms with E-state index in [9.17, 15) is 18.0 Å². The van der Waals surface area contributed by atoms with E-state index in [-0.39, 0.29) is 21.5 Å². The lowest BCUT2D eigenvalue weighted by Crippen LogP contribution is -2.15. The van der Waals surface area contributed by atoms with Gasteiger partial charge >= 0.3 is 0 Å². The number of hydrogen-bond acceptors (Lipinski definition) is 2. The monoisotopic (exact) mass is 359 g/mol. The van der Waals surface area contributed by atoms with Crippen LogP contribution in [0.5, 0.6) is 5.75 Å². The number of hydrogen-bond donors (Lipinski definition) is 1. The highest BCUT2D eigenvalue weighted by Crippen LogP contribution is 2.27. The van der Waals surface area contributed by atoms with Gasteiger partial charge in [-0.3, -0.25) is 4.79 Å². The normalized spacial score (nSPS) is 10.3. The number of methoxy groups -OCH3 is 1. The van der Waals surface area contributed by atoms with E-state index in [2.05, 4.69) is 21.2 Å². The molecule has 2 aromatic rings. The first-order valence-electron chi connectivity index (χ1n) is 5.72. The van der Waals surface area contributed by atoms with Gasteiger partial charge in [-0.05, 0) is 34.1 Å². The van der Waals surface area contributed by atoms with Crippen molar-refractivity contribution < 1.29 is 22.7 Å². The van der Waals surface area contributed by atoms with Crippen LogP contribution in [0.4, 0.5) is 18.9 Å². The van der Waals surface area contributed by atoms with Gasteiger partial charge in [0.1, 0.15) is 17.4 Å². The number of ether oxygens (including phenoxy) is 1. The molecule has 0 aliphatic carbocycles. The quantitative estimate of drug-likeness (QED) is 0.894. The molecule has 21 heavy (non-hydrogen) atoms. The molecule has 3 nitrogen and oxygen atoms in total. The molecule has 0 spiro atoms. The van der Waals surface area contributed by atoms with Gasteiger partial charge in [0, 0.05) is 16.6 Å². The van der Waals surface area contributed by atoms with Crippen molar-refractivity contribution in [3.05, 3.63) is 57.8 Å². The Balaban J connectivity index is 2.30. The van der Waals surface area contributed by atoms with E-state index < -0.39 is 23.4 Å². The van der Waals surface area contributed by atoms with Gasteiger partial charge in [-0.2, -0.15) is 0 Å². The molecule has 2 aromatic carbocycles. The fraction of sp³-hybridized carbons (Fsp3) is 0.0714.